The van der Waals surface area contributed by atoms with E-state index in [9.17, 15) is 14.0 Å². The van der Waals surface area contributed by atoms with Gasteiger partial charge in [-0.2, -0.15) is 0 Å². The zero-order valence-corrected chi connectivity index (χ0v) is 12.0. The van der Waals surface area contributed by atoms with E-state index in [4.69, 9.17) is 10.2 Å². The van der Waals surface area contributed by atoms with Crippen LogP contribution < -0.4 is 10.6 Å². The lowest BCUT2D eigenvalue weighted by Crippen LogP contribution is -2.43. The van der Waals surface area contributed by atoms with Crippen LogP contribution in [0.25, 0.3) is 0 Å². The van der Waals surface area contributed by atoms with E-state index in [-0.39, 0.29) is 24.5 Å². The zero-order chi connectivity index (χ0) is 16.1. The molecule has 0 heterocycles. The number of nitrogens with one attached hydrogen (secondary N) is 2. The molecule has 120 valence electrons. The van der Waals surface area contributed by atoms with Gasteiger partial charge in [-0.1, -0.05) is 6.07 Å². The third-order valence-electron chi connectivity index (χ3n) is 3.88. The van der Waals surface area contributed by atoms with E-state index in [1.807, 2.05) is 0 Å². The summed E-state index contributed by atoms with van der Waals surface area (Å²) in [5, 5.41) is 23.4. The van der Waals surface area contributed by atoms with Crippen molar-refractivity contribution in [1.29, 1.82) is 0 Å². The number of carboxylic acids is 1. The van der Waals surface area contributed by atoms with Gasteiger partial charge >= 0.3 is 12.0 Å². The van der Waals surface area contributed by atoms with E-state index in [0.717, 1.165) is 6.07 Å². The molecule has 0 unspecified atom stereocenters. The second-order valence-electron chi connectivity index (χ2n) is 5.50. The van der Waals surface area contributed by atoms with Gasteiger partial charge in [0.2, 0.25) is 0 Å². The van der Waals surface area contributed by atoms with Crippen LogP contribution in [0.3, 0.4) is 0 Å². The van der Waals surface area contributed by atoms with Gasteiger partial charge in [0.05, 0.1) is 5.92 Å². The highest BCUT2D eigenvalue weighted by Crippen LogP contribution is 2.24. The van der Waals surface area contributed by atoms with Crippen LogP contribution in [0.5, 0.6) is 5.75 Å². The fraction of sp³-hybridized carbons (Fsp3) is 0.467. The van der Waals surface area contributed by atoms with E-state index in [2.05, 4.69) is 10.6 Å². The lowest BCUT2D eigenvalue weighted by molar-refractivity contribution is -0.142. The molecule has 0 spiro atoms. The molecule has 0 bridgehead atoms. The van der Waals surface area contributed by atoms with Crippen molar-refractivity contribution < 1.29 is 24.2 Å². The third kappa shape index (κ3) is 4.34. The monoisotopic (exact) mass is 310 g/mol. The van der Waals surface area contributed by atoms with Crippen molar-refractivity contribution in [3.63, 3.8) is 0 Å². The molecule has 1 aromatic carbocycles. The van der Waals surface area contributed by atoms with Crippen LogP contribution in [0.2, 0.25) is 0 Å². The third-order valence-corrected chi connectivity index (χ3v) is 3.88. The fourth-order valence-electron chi connectivity index (χ4n) is 2.56. The molecule has 2 amide bonds. The Morgan fingerprint density at radius 3 is 2.50 bits per heavy atom. The number of amides is 2. The van der Waals surface area contributed by atoms with Gasteiger partial charge in [-0.3, -0.25) is 4.79 Å². The molecule has 7 heteroatoms. The normalized spacial score (nSPS) is 21.1. The second-order valence-corrected chi connectivity index (χ2v) is 5.50. The number of urea groups is 1. The Balaban J connectivity index is 1.74. The minimum absolute atomic E-state index is 0.0350. The average Bonchev–Trinajstić information content (AvgIpc) is 2.49. The van der Waals surface area contributed by atoms with Gasteiger partial charge in [0, 0.05) is 12.6 Å². The summed E-state index contributed by atoms with van der Waals surface area (Å²) in [6.07, 6.45) is 2.39. The molecule has 1 aromatic rings. The molecule has 4 N–H and O–H groups in total. The van der Waals surface area contributed by atoms with Crippen LogP contribution in [0, 0.1) is 11.7 Å². The lowest BCUT2D eigenvalue weighted by atomic mass is 9.86. The second kappa shape index (κ2) is 7.11. The molecular weight excluding hydrogens is 291 g/mol. The van der Waals surface area contributed by atoms with Crippen LogP contribution in [0.1, 0.15) is 31.2 Å². The Kier molecular flexibility index (Phi) is 5.19. The summed E-state index contributed by atoms with van der Waals surface area (Å²) in [6, 6.07) is 3.52. The first kappa shape index (κ1) is 16.1. The molecule has 2 rings (SSSR count). The van der Waals surface area contributed by atoms with E-state index < -0.39 is 17.5 Å². The number of phenols is 1. The van der Waals surface area contributed by atoms with Crippen molar-refractivity contribution in [3.8, 4) is 5.75 Å². The van der Waals surface area contributed by atoms with E-state index in [1.54, 1.807) is 0 Å². The predicted octanol–water partition coefficient (Wildman–Crippen LogP) is 1.97. The summed E-state index contributed by atoms with van der Waals surface area (Å²) in [7, 11) is 0. The first-order valence-corrected chi connectivity index (χ1v) is 7.20. The van der Waals surface area contributed by atoms with Crippen LogP contribution in [0.4, 0.5) is 9.18 Å². The molecule has 1 aliphatic carbocycles. The number of carbonyl (C=O) groups is 2. The molecule has 1 aliphatic rings. The van der Waals surface area contributed by atoms with Crippen molar-refractivity contribution in [2.45, 2.75) is 38.3 Å². The number of aliphatic carboxylic acids is 1. The Bertz CT molecular complexity index is 556. The Morgan fingerprint density at radius 1 is 1.23 bits per heavy atom. The zero-order valence-electron chi connectivity index (χ0n) is 12.0. The smallest absolute Gasteiger partial charge is 0.315 e. The van der Waals surface area contributed by atoms with Gasteiger partial charge in [0.1, 0.15) is 0 Å². The fourth-order valence-corrected chi connectivity index (χ4v) is 2.56. The number of aromatic hydroxyl groups is 1. The number of carboxylic acid groups (broad SMARTS) is 1. The van der Waals surface area contributed by atoms with E-state index in [1.165, 1.54) is 12.1 Å². The summed E-state index contributed by atoms with van der Waals surface area (Å²) in [4.78, 5) is 22.6. The van der Waals surface area contributed by atoms with Gasteiger partial charge in [0.25, 0.3) is 0 Å². The highest BCUT2D eigenvalue weighted by Gasteiger charge is 2.26. The Labute approximate surface area is 127 Å². The summed E-state index contributed by atoms with van der Waals surface area (Å²) in [5.74, 6) is -2.26. The van der Waals surface area contributed by atoms with Crippen molar-refractivity contribution in [2.24, 2.45) is 5.92 Å². The van der Waals surface area contributed by atoms with Gasteiger partial charge < -0.3 is 20.8 Å². The maximum Gasteiger partial charge on any atom is 0.315 e. The van der Waals surface area contributed by atoms with Crippen LogP contribution in [0.15, 0.2) is 18.2 Å². The number of hydrogen-bond acceptors (Lipinski definition) is 3. The first-order chi connectivity index (χ1) is 10.5. The molecule has 0 saturated heterocycles. The number of halogens is 1. The minimum atomic E-state index is -0.780. The quantitative estimate of drug-likeness (QED) is 0.683. The molecule has 1 saturated carbocycles. The van der Waals surface area contributed by atoms with Crippen molar-refractivity contribution in [3.05, 3.63) is 29.6 Å². The lowest BCUT2D eigenvalue weighted by Gasteiger charge is -2.26. The topological polar surface area (TPSA) is 98.7 Å². The summed E-state index contributed by atoms with van der Waals surface area (Å²) >= 11 is 0. The van der Waals surface area contributed by atoms with Gasteiger partial charge in [-0.15, -0.1) is 0 Å². The van der Waals surface area contributed by atoms with Crippen molar-refractivity contribution in [2.75, 3.05) is 0 Å². The molecule has 1 fully saturated rings. The highest BCUT2D eigenvalue weighted by molar-refractivity contribution is 5.74. The Hall–Kier alpha value is -2.31. The number of phenolic OH excluding ortho intramolecular Hbond substituents is 1. The largest absolute Gasteiger partial charge is 0.505 e. The number of benzene rings is 1. The number of rotatable bonds is 4. The molecule has 0 atom stereocenters. The molecule has 0 radical (unpaired) electrons. The van der Waals surface area contributed by atoms with Crippen LogP contribution >= 0.6 is 0 Å². The van der Waals surface area contributed by atoms with Crippen molar-refractivity contribution >= 4 is 12.0 Å². The van der Waals surface area contributed by atoms with Gasteiger partial charge in [-0.25, -0.2) is 9.18 Å². The molecule has 6 nitrogen and oxygen atoms in total. The Morgan fingerprint density at radius 2 is 1.91 bits per heavy atom. The minimum Gasteiger partial charge on any atom is -0.505 e. The predicted molar refractivity (Wildman–Crippen MR) is 76.8 cm³/mol. The standard InChI is InChI=1S/C15H19FN2O4/c16-12-7-9(1-6-13(12)19)8-17-15(22)18-11-4-2-10(3-5-11)14(20)21/h1,6-7,10-11,19H,2-5,8H2,(H,20,21)(H2,17,18,22). The SMILES string of the molecule is O=C(NCc1ccc(O)c(F)c1)NC1CCC(C(=O)O)CC1. The molecule has 22 heavy (non-hydrogen) atoms. The van der Waals surface area contributed by atoms with E-state index in [0.29, 0.717) is 31.2 Å². The number of carbonyl (C=O) groups excluding carboxylic acids is 1. The molecule has 0 aliphatic heterocycles. The van der Waals surface area contributed by atoms with Crippen LogP contribution in [-0.2, 0) is 11.3 Å². The summed E-state index contributed by atoms with van der Waals surface area (Å²) in [5.41, 5.74) is 0.542. The molecule has 0 aromatic heterocycles. The summed E-state index contributed by atoms with van der Waals surface area (Å²) < 4.78 is 13.2. The maximum absolute atomic E-state index is 13.2. The maximum atomic E-state index is 13.2. The molecular formula is C15H19FN2O4. The highest BCUT2D eigenvalue weighted by atomic mass is 19.1. The number of hydrogen-bond donors (Lipinski definition) is 4. The van der Waals surface area contributed by atoms with Gasteiger partial charge in [0.15, 0.2) is 11.6 Å². The van der Waals surface area contributed by atoms with Crippen molar-refractivity contribution in [1.82, 2.24) is 10.6 Å². The van der Waals surface area contributed by atoms with Crippen LogP contribution in [-0.4, -0.2) is 28.3 Å². The van der Waals surface area contributed by atoms with Gasteiger partial charge in [-0.05, 0) is 43.4 Å². The van der Waals surface area contributed by atoms with E-state index >= 15 is 0 Å². The average molecular weight is 310 g/mol. The first-order valence-electron chi connectivity index (χ1n) is 7.20. The summed E-state index contributed by atoms with van der Waals surface area (Å²) in [6.45, 7) is 0.146.